The third-order valence-corrected chi connectivity index (χ3v) is 2.68. The predicted molar refractivity (Wildman–Crippen MR) is 66.2 cm³/mol. The van der Waals surface area contributed by atoms with Crippen molar-refractivity contribution in [2.45, 2.75) is 19.8 Å². The van der Waals surface area contributed by atoms with Crippen molar-refractivity contribution in [3.63, 3.8) is 0 Å². The van der Waals surface area contributed by atoms with Crippen LogP contribution in [0, 0.1) is 11.8 Å². The van der Waals surface area contributed by atoms with Gasteiger partial charge in [0, 0.05) is 23.1 Å². The molecular weight excluding hydrogens is 212 g/mol. The molecule has 0 fully saturated rings. The van der Waals surface area contributed by atoms with Gasteiger partial charge in [0.2, 0.25) is 0 Å². The van der Waals surface area contributed by atoms with Gasteiger partial charge in [0.25, 0.3) is 0 Å². The summed E-state index contributed by atoms with van der Waals surface area (Å²) < 4.78 is 5.00. The molecule has 0 aliphatic carbocycles. The monoisotopic (exact) mass is 226 g/mol. The van der Waals surface area contributed by atoms with E-state index in [1.165, 1.54) is 0 Å². The van der Waals surface area contributed by atoms with Crippen LogP contribution in [0.2, 0.25) is 0 Å². The van der Waals surface area contributed by atoms with Crippen LogP contribution >= 0.6 is 0 Å². The molecule has 0 saturated carbocycles. The highest BCUT2D eigenvalue weighted by atomic mass is 16.5. The number of hydrogen-bond acceptors (Lipinski definition) is 2. The van der Waals surface area contributed by atoms with Crippen LogP contribution in [0.1, 0.15) is 25.3 Å². The van der Waals surface area contributed by atoms with Crippen molar-refractivity contribution in [1.29, 1.82) is 0 Å². The average Bonchev–Trinajstić information content (AvgIpc) is 2.37. The molecule has 0 unspecified atom stereocenters. The third-order valence-electron chi connectivity index (χ3n) is 2.68. The lowest BCUT2D eigenvalue weighted by Crippen LogP contribution is -2.16. The maximum atomic E-state index is 11.5. The van der Waals surface area contributed by atoms with Crippen molar-refractivity contribution in [2.75, 3.05) is 6.61 Å². The van der Waals surface area contributed by atoms with Gasteiger partial charge in [0.05, 0.1) is 6.61 Å². The standard InChI is InChI=1S/C15H14O2/c1-2-14-13(10-11-17-15(14)16)9-8-12-6-4-3-5-7-12/h3-7H,2,10-11H2,1H3. The highest BCUT2D eigenvalue weighted by Crippen LogP contribution is 2.18. The van der Waals surface area contributed by atoms with Crippen molar-refractivity contribution in [1.82, 2.24) is 0 Å². The first-order valence-corrected chi connectivity index (χ1v) is 5.77. The van der Waals surface area contributed by atoms with E-state index >= 15 is 0 Å². The summed E-state index contributed by atoms with van der Waals surface area (Å²) in [5, 5.41) is 0. The number of ether oxygens (including phenoxy) is 1. The van der Waals surface area contributed by atoms with Crippen molar-refractivity contribution < 1.29 is 9.53 Å². The summed E-state index contributed by atoms with van der Waals surface area (Å²) in [6.07, 6.45) is 1.41. The van der Waals surface area contributed by atoms with E-state index in [9.17, 15) is 4.79 Å². The van der Waals surface area contributed by atoms with Crippen molar-refractivity contribution in [3.05, 3.63) is 47.0 Å². The van der Waals surface area contributed by atoms with Crippen LogP contribution in [0.25, 0.3) is 0 Å². The van der Waals surface area contributed by atoms with Gasteiger partial charge in [-0.05, 0) is 18.6 Å². The Bertz CT molecular complexity index is 501. The van der Waals surface area contributed by atoms with Crippen LogP contribution in [0.15, 0.2) is 41.5 Å². The molecule has 2 heteroatoms. The largest absolute Gasteiger partial charge is 0.462 e. The van der Waals surface area contributed by atoms with E-state index in [1.54, 1.807) is 0 Å². The molecular formula is C15H14O2. The van der Waals surface area contributed by atoms with Crippen LogP contribution in [0.4, 0.5) is 0 Å². The Labute approximate surface area is 101 Å². The number of carbonyl (C=O) groups excluding carboxylic acids is 1. The van der Waals surface area contributed by atoms with E-state index in [0.29, 0.717) is 13.0 Å². The summed E-state index contributed by atoms with van der Waals surface area (Å²) in [7, 11) is 0. The van der Waals surface area contributed by atoms with Gasteiger partial charge in [0.1, 0.15) is 0 Å². The van der Waals surface area contributed by atoms with Crippen LogP contribution in [-0.2, 0) is 9.53 Å². The fourth-order valence-electron chi connectivity index (χ4n) is 1.77. The van der Waals surface area contributed by atoms with Gasteiger partial charge in [-0.1, -0.05) is 37.0 Å². The summed E-state index contributed by atoms with van der Waals surface area (Å²) in [6, 6.07) is 9.78. The van der Waals surface area contributed by atoms with E-state index in [2.05, 4.69) is 11.8 Å². The van der Waals surface area contributed by atoms with E-state index in [0.717, 1.165) is 23.1 Å². The molecule has 1 aliphatic heterocycles. The number of esters is 1. The molecule has 1 aromatic rings. The minimum Gasteiger partial charge on any atom is -0.462 e. The first-order chi connectivity index (χ1) is 8.31. The Morgan fingerprint density at radius 3 is 2.71 bits per heavy atom. The Hall–Kier alpha value is -2.01. The SMILES string of the molecule is CCC1=C(C#Cc2ccccc2)CCOC1=O. The Morgan fingerprint density at radius 2 is 2.00 bits per heavy atom. The Morgan fingerprint density at radius 1 is 1.24 bits per heavy atom. The third kappa shape index (κ3) is 2.76. The van der Waals surface area contributed by atoms with E-state index in [4.69, 9.17) is 4.74 Å². The molecule has 0 aromatic heterocycles. The summed E-state index contributed by atoms with van der Waals surface area (Å²) in [4.78, 5) is 11.5. The average molecular weight is 226 g/mol. The van der Waals surface area contributed by atoms with E-state index in [1.807, 2.05) is 37.3 Å². The lowest BCUT2D eigenvalue weighted by Gasteiger charge is -2.14. The van der Waals surface area contributed by atoms with Gasteiger partial charge < -0.3 is 4.74 Å². The molecule has 2 rings (SSSR count). The molecule has 0 saturated heterocycles. The maximum Gasteiger partial charge on any atom is 0.334 e. The molecule has 0 atom stereocenters. The summed E-state index contributed by atoms with van der Waals surface area (Å²) >= 11 is 0. The van der Waals surface area contributed by atoms with Gasteiger partial charge >= 0.3 is 5.97 Å². The van der Waals surface area contributed by atoms with E-state index in [-0.39, 0.29) is 5.97 Å². The second kappa shape index (κ2) is 5.36. The second-order valence-corrected chi connectivity index (χ2v) is 3.81. The lowest BCUT2D eigenvalue weighted by atomic mass is 10.0. The molecule has 0 bridgehead atoms. The van der Waals surface area contributed by atoms with Crippen molar-refractivity contribution in [3.8, 4) is 11.8 Å². The fourth-order valence-corrected chi connectivity index (χ4v) is 1.77. The second-order valence-electron chi connectivity index (χ2n) is 3.81. The number of carbonyl (C=O) groups is 1. The minimum absolute atomic E-state index is 0.212. The first kappa shape index (κ1) is 11.5. The summed E-state index contributed by atoms with van der Waals surface area (Å²) in [5.41, 5.74) is 2.61. The van der Waals surface area contributed by atoms with Gasteiger partial charge in [0.15, 0.2) is 0 Å². The van der Waals surface area contributed by atoms with E-state index < -0.39 is 0 Å². The predicted octanol–water partition coefficient (Wildman–Crippen LogP) is 2.69. The Kier molecular flexibility index (Phi) is 3.62. The summed E-state index contributed by atoms with van der Waals surface area (Å²) in [6.45, 7) is 2.40. The molecule has 0 amide bonds. The highest BCUT2D eigenvalue weighted by molar-refractivity contribution is 5.91. The van der Waals surface area contributed by atoms with Gasteiger partial charge in [-0.3, -0.25) is 0 Å². The molecule has 1 aromatic carbocycles. The molecule has 86 valence electrons. The van der Waals surface area contributed by atoms with Crippen LogP contribution < -0.4 is 0 Å². The topological polar surface area (TPSA) is 26.3 Å². The smallest absolute Gasteiger partial charge is 0.334 e. The van der Waals surface area contributed by atoms with Crippen LogP contribution in [0.5, 0.6) is 0 Å². The Balaban J connectivity index is 2.29. The van der Waals surface area contributed by atoms with Crippen LogP contribution in [-0.4, -0.2) is 12.6 Å². The number of hydrogen-bond donors (Lipinski definition) is 0. The van der Waals surface area contributed by atoms with Gasteiger partial charge in [-0.25, -0.2) is 4.79 Å². The lowest BCUT2D eigenvalue weighted by molar-refractivity contribution is -0.140. The normalized spacial score (nSPS) is 15.0. The summed E-state index contributed by atoms with van der Waals surface area (Å²) in [5.74, 6) is 5.97. The quantitative estimate of drug-likeness (QED) is 0.543. The fraction of sp³-hybridized carbons (Fsp3) is 0.267. The molecule has 0 N–H and O–H groups in total. The number of cyclic esters (lactones) is 1. The molecule has 2 nitrogen and oxygen atoms in total. The molecule has 0 spiro atoms. The highest BCUT2D eigenvalue weighted by Gasteiger charge is 2.18. The van der Waals surface area contributed by atoms with Crippen LogP contribution in [0.3, 0.4) is 0 Å². The molecule has 1 aliphatic rings. The number of rotatable bonds is 1. The van der Waals surface area contributed by atoms with Gasteiger partial charge in [-0.2, -0.15) is 0 Å². The van der Waals surface area contributed by atoms with Crippen molar-refractivity contribution in [2.24, 2.45) is 0 Å². The van der Waals surface area contributed by atoms with Crippen molar-refractivity contribution >= 4 is 5.97 Å². The zero-order valence-electron chi connectivity index (χ0n) is 9.82. The minimum atomic E-state index is -0.212. The maximum absolute atomic E-state index is 11.5. The molecule has 0 radical (unpaired) electrons. The first-order valence-electron chi connectivity index (χ1n) is 5.77. The molecule has 17 heavy (non-hydrogen) atoms. The molecule has 1 heterocycles. The number of benzene rings is 1. The zero-order valence-corrected chi connectivity index (χ0v) is 9.82. The zero-order chi connectivity index (χ0) is 12.1. The van der Waals surface area contributed by atoms with Gasteiger partial charge in [-0.15, -0.1) is 0 Å².